The number of hydrogen-bond acceptors (Lipinski definition) is 10. The molecule has 0 spiro atoms. The van der Waals surface area contributed by atoms with E-state index in [4.69, 9.17) is 0 Å². The number of hydrogen-bond donors (Lipinski definition) is 0. The van der Waals surface area contributed by atoms with Crippen LogP contribution in [0.3, 0.4) is 0 Å². The summed E-state index contributed by atoms with van der Waals surface area (Å²) < 4.78 is 2.49. The first-order valence-electron chi connectivity index (χ1n) is 31.7. The zero-order valence-corrected chi connectivity index (χ0v) is 50.9. The molecule has 4 aliphatic heterocycles. The van der Waals surface area contributed by atoms with Gasteiger partial charge in [-0.3, -0.25) is 58.0 Å². The molecule has 0 aliphatic carbocycles. The van der Waals surface area contributed by atoms with Crippen molar-refractivity contribution in [2.45, 2.75) is 182 Å². The molecule has 8 aromatic rings. The van der Waals surface area contributed by atoms with E-state index in [0.29, 0.717) is 67.4 Å². The summed E-state index contributed by atoms with van der Waals surface area (Å²) >= 11 is 2.76. The van der Waals surface area contributed by atoms with E-state index in [1.165, 1.54) is 42.3 Å². The van der Waals surface area contributed by atoms with Crippen molar-refractivity contribution in [3.05, 3.63) is 93.0 Å². The number of rotatable bonds is 28. The van der Waals surface area contributed by atoms with Crippen molar-refractivity contribution in [1.29, 1.82) is 0 Å². The molecule has 0 radical (unpaired) electrons. The SMILES string of the molecule is CCCCCCCCN1C(=O)c2ccc3c4c(c5c(sc6c7ccccc7c7sc8c9c%10c(ccc%11c%10c(c8c7c65)C(=O)N(CCCCCCCC)C%11=O)C(=O)N(CCCCCCCC)C9=O)c(c24)C1=O)C(=O)N(CCCCCCCC)C3=O. The zero-order chi connectivity index (χ0) is 58.5. The topological polar surface area (TPSA) is 150 Å². The lowest BCUT2D eigenvalue weighted by Crippen LogP contribution is -2.44. The van der Waals surface area contributed by atoms with Crippen LogP contribution >= 0.6 is 22.7 Å². The Labute approximate surface area is 498 Å². The van der Waals surface area contributed by atoms with Gasteiger partial charge < -0.3 is 0 Å². The number of thiophene rings is 2. The average Bonchev–Trinajstić information content (AvgIpc) is 1.42. The van der Waals surface area contributed by atoms with Crippen LogP contribution in [0.2, 0.25) is 0 Å². The van der Waals surface area contributed by atoms with Crippen LogP contribution < -0.4 is 0 Å². The summed E-state index contributed by atoms with van der Waals surface area (Å²) in [5, 5.41) is 4.98. The molecular weight excluding hydrogens is 1090 g/mol. The third-order valence-corrected chi connectivity index (χ3v) is 21.0. The third-order valence-electron chi connectivity index (χ3n) is 18.5. The monoisotopic (exact) mass is 1160 g/mol. The predicted octanol–water partition coefficient (Wildman–Crippen LogP) is 17.7. The Hall–Kier alpha value is -6.90. The molecule has 6 heterocycles. The third kappa shape index (κ3) is 9.34. The molecule has 12 rings (SSSR count). The number of amides is 8. The molecule has 14 heteroatoms. The fourth-order valence-electron chi connectivity index (χ4n) is 14.2. The van der Waals surface area contributed by atoms with Crippen LogP contribution in [0.25, 0.3) is 72.7 Å². The van der Waals surface area contributed by atoms with Gasteiger partial charge in [-0.05, 0) is 49.9 Å². The quantitative estimate of drug-likeness (QED) is 0.0347. The van der Waals surface area contributed by atoms with Crippen LogP contribution in [0.1, 0.15) is 265 Å². The normalized spacial score (nSPS) is 15.1. The summed E-state index contributed by atoms with van der Waals surface area (Å²) in [5.74, 6) is -3.82. The first-order valence-corrected chi connectivity index (χ1v) is 33.4. The molecule has 0 N–H and O–H groups in total. The highest BCUT2D eigenvalue weighted by Crippen LogP contribution is 2.57. The van der Waals surface area contributed by atoms with Gasteiger partial charge in [0.15, 0.2) is 0 Å². The largest absolute Gasteiger partial charge is 0.274 e. The van der Waals surface area contributed by atoms with Crippen LogP contribution in [0.5, 0.6) is 0 Å². The number of fused-ring (bicyclic) bond motifs is 14. The van der Waals surface area contributed by atoms with E-state index in [1.54, 1.807) is 24.3 Å². The Morgan fingerprint density at radius 2 is 0.512 bits per heavy atom. The van der Waals surface area contributed by atoms with Crippen LogP contribution in [-0.4, -0.2) is 93.0 Å². The van der Waals surface area contributed by atoms with Gasteiger partial charge in [-0.2, -0.15) is 0 Å². The Morgan fingerprint density at radius 1 is 0.262 bits per heavy atom. The van der Waals surface area contributed by atoms with E-state index in [1.807, 2.05) is 24.3 Å². The number of carbonyl (C=O) groups excluding carboxylic acids is 8. The minimum absolute atomic E-state index is 0.180. The Kier molecular flexibility index (Phi) is 16.6. The van der Waals surface area contributed by atoms with E-state index in [0.717, 1.165) is 149 Å². The van der Waals surface area contributed by atoms with Gasteiger partial charge in [0.25, 0.3) is 47.3 Å². The number of benzene rings is 6. The standard InChI is InChI=1S/C70H76N4O8S2/c1-5-9-13-17-21-27-37-71-63(75)43-33-35-45-49-47(43)55(67(71)79)53-51-52-54-56-48-44(64(76)72(68(56)80)38-28-22-18-14-10-6-2)34-36-46-50(48)58(70(82)74(66(46)78)40-30-24-20-16-12-8-4)62(54)84-60(52)42-32-26-25-31-41(42)59(51)83-61(53)57(49)69(81)73(65(45)77)39-29-23-19-15-11-7-3/h25-26,31-36H,5-24,27-30,37-40H2,1-4H3. The second-order valence-electron chi connectivity index (χ2n) is 24.0. The zero-order valence-electron chi connectivity index (χ0n) is 49.3. The highest BCUT2D eigenvalue weighted by atomic mass is 32.1. The van der Waals surface area contributed by atoms with Gasteiger partial charge in [-0.15, -0.1) is 22.7 Å². The van der Waals surface area contributed by atoms with E-state index < -0.39 is 47.3 Å². The van der Waals surface area contributed by atoms with E-state index >= 15 is 28.8 Å². The minimum Gasteiger partial charge on any atom is -0.274 e. The highest BCUT2D eigenvalue weighted by molar-refractivity contribution is 7.30. The van der Waals surface area contributed by atoms with Gasteiger partial charge in [0, 0.05) is 121 Å². The second-order valence-corrected chi connectivity index (χ2v) is 26.0. The molecule has 0 saturated heterocycles. The van der Waals surface area contributed by atoms with E-state index in [-0.39, 0.29) is 81.5 Å². The Balaban J connectivity index is 1.17. The maximum Gasteiger partial charge on any atom is 0.262 e. The first-order chi connectivity index (χ1) is 41.0. The number of nitrogens with zero attached hydrogens (tertiary/aromatic N) is 4. The molecule has 4 aliphatic rings. The molecule has 0 unspecified atom stereocenters. The molecule has 2 aromatic heterocycles. The maximum absolute atomic E-state index is 16.0. The molecule has 0 fully saturated rings. The fourth-order valence-corrected chi connectivity index (χ4v) is 17.0. The molecule has 8 amide bonds. The number of carbonyl (C=O) groups is 8. The van der Waals surface area contributed by atoms with Crippen molar-refractivity contribution in [2.24, 2.45) is 0 Å². The first kappa shape index (κ1) is 57.5. The van der Waals surface area contributed by atoms with Crippen LogP contribution in [0, 0.1) is 0 Å². The second kappa shape index (κ2) is 24.2. The number of imide groups is 4. The van der Waals surface area contributed by atoms with Crippen molar-refractivity contribution in [2.75, 3.05) is 26.2 Å². The minimum atomic E-state index is -0.510. The lowest BCUT2D eigenvalue weighted by Gasteiger charge is -2.33. The fraction of sp³-hybridized carbons (Fsp3) is 0.457. The van der Waals surface area contributed by atoms with Gasteiger partial charge in [0.1, 0.15) is 0 Å². The summed E-state index contributed by atoms with van der Waals surface area (Å²) in [6, 6.07) is 14.6. The molecule has 0 bridgehead atoms. The van der Waals surface area contributed by atoms with E-state index in [9.17, 15) is 9.59 Å². The van der Waals surface area contributed by atoms with Crippen LogP contribution in [-0.2, 0) is 0 Å². The molecule has 0 saturated carbocycles. The van der Waals surface area contributed by atoms with Crippen LogP contribution in [0.15, 0.2) is 48.5 Å². The smallest absolute Gasteiger partial charge is 0.262 e. The van der Waals surface area contributed by atoms with Crippen molar-refractivity contribution in [1.82, 2.24) is 19.6 Å². The molecule has 12 nitrogen and oxygen atoms in total. The van der Waals surface area contributed by atoms with Crippen LogP contribution in [0.4, 0.5) is 0 Å². The van der Waals surface area contributed by atoms with Crippen molar-refractivity contribution >= 4 is 143 Å². The maximum atomic E-state index is 16.0. The summed E-state index contributed by atoms with van der Waals surface area (Å²) in [6.45, 7) is 9.43. The molecule has 436 valence electrons. The molecular formula is C70H76N4O8S2. The summed E-state index contributed by atoms with van der Waals surface area (Å²) in [7, 11) is 0. The number of unbranched alkanes of at least 4 members (excludes halogenated alkanes) is 20. The lowest BCUT2D eigenvalue weighted by atomic mass is 9.81. The van der Waals surface area contributed by atoms with Crippen molar-refractivity contribution in [3.63, 3.8) is 0 Å². The van der Waals surface area contributed by atoms with Gasteiger partial charge in [0.2, 0.25) is 0 Å². The van der Waals surface area contributed by atoms with Gasteiger partial charge in [0.05, 0.1) is 22.3 Å². The summed E-state index contributed by atoms with van der Waals surface area (Å²) in [5.41, 5.74) is 2.04. The summed E-state index contributed by atoms with van der Waals surface area (Å²) in [6.07, 6.45) is 22.7. The average molecular weight is 1170 g/mol. The summed E-state index contributed by atoms with van der Waals surface area (Å²) in [4.78, 5) is 128. The molecule has 84 heavy (non-hydrogen) atoms. The van der Waals surface area contributed by atoms with Gasteiger partial charge >= 0.3 is 0 Å². The predicted molar refractivity (Wildman–Crippen MR) is 340 cm³/mol. The van der Waals surface area contributed by atoms with Gasteiger partial charge in [-0.1, -0.05) is 180 Å². The van der Waals surface area contributed by atoms with Crippen molar-refractivity contribution in [3.8, 4) is 0 Å². The Morgan fingerprint density at radius 3 is 0.798 bits per heavy atom. The lowest BCUT2D eigenvalue weighted by molar-refractivity contribution is 0.0588. The van der Waals surface area contributed by atoms with Gasteiger partial charge in [-0.25, -0.2) is 0 Å². The van der Waals surface area contributed by atoms with Crippen molar-refractivity contribution < 1.29 is 38.4 Å². The highest BCUT2D eigenvalue weighted by Gasteiger charge is 2.46. The Bertz CT molecular complexity index is 3830. The molecule has 0 atom stereocenters. The molecule has 6 aromatic carbocycles. The van der Waals surface area contributed by atoms with E-state index in [2.05, 4.69) is 27.7 Å².